The quantitative estimate of drug-likeness (QED) is 0.390. The summed E-state index contributed by atoms with van der Waals surface area (Å²) < 4.78 is 29.0. The van der Waals surface area contributed by atoms with Gasteiger partial charge in [0.1, 0.15) is 0 Å². The summed E-state index contributed by atoms with van der Waals surface area (Å²) in [6.45, 7) is 15.8. The van der Waals surface area contributed by atoms with Gasteiger partial charge in [0.25, 0.3) is 5.92 Å². The van der Waals surface area contributed by atoms with Crippen molar-refractivity contribution < 1.29 is 8.78 Å². The molecular weight excluding hydrogens is 360 g/mol. The number of alkyl halides is 2. The number of benzene rings is 2. The Morgan fingerprint density at radius 1 is 0.889 bits per heavy atom. The first kappa shape index (κ1) is 27.5. The van der Waals surface area contributed by atoms with Gasteiger partial charge in [-0.3, -0.25) is 0 Å². The normalized spacial score (nSPS) is 10.2. The van der Waals surface area contributed by atoms with E-state index in [1.807, 2.05) is 27.7 Å². The van der Waals surface area contributed by atoms with Crippen LogP contribution in [0.3, 0.4) is 0 Å². The predicted octanol–water partition coefficient (Wildman–Crippen LogP) is 7.90. The van der Waals surface area contributed by atoms with Gasteiger partial charge in [0.05, 0.1) is 0 Å². The lowest BCUT2D eigenvalue weighted by Crippen LogP contribution is -2.16. The van der Waals surface area contributed by atoms with E-state index in [1.165, 1.54) is 18.2 Å². The summed E-state index contributed by atoms with van der Waals surface area (Å²) in [5.41, 5.74) is 0.952. The largest absolute Gasteiger partial charge is 0.308 e. The summed E-state index contributed by atoms with van der Waals surface area (Å²) in [6.07, 6.45) is 1.07. The van der Waals surface area contributed by atoms with Crippen LogP contribution in [-0.4, -0.2) is 11.0 Å². The molecule has 0 amide bonds. The topological polar surface area (TPSA) is 23.9 Å². The van der Waals surface area contributed by atoms with Gasteiger partial charge in [-0.2, -0.15) is 21.4 Å². The lowest BCUT2D eigenvalue weighted by molar-refractivity contribution is 0.0421. The second kappa shape index (κ2) is 13.5. The minimum Gasteiger partial charge on any atom is -0.308 e. The molecule has 0 aromatic heterocycles. The van der Waals surface area contributed by atoms with E-state index in [4.69, 9.17) is 5.41 Å². The van der Waals surface area contributed by atoms with Crippen molar-refractivity contribution in [3.05, 3.63) is 70.8 Å². The maximum absolute atomic E-state index is 14.4. The fourth-order valence-electron chi connectivity index (χ4n) is 1.90. The van der Waals surface area contributed by atoms with Crippen LogP contribution in [0.4, 0.5) is 8.78 Å². The molecule has 2 aromatic rings. The molecular formula is C23H35F2NS. The molecule has 0 aliphatic carbocycles. The van der Waals surface area contributed by atoms with Gasteiger partial charge in [-0.1, -0.05) is 90.9 Å². The Labute approximate surface area is 170 Å². The van der Waals surface area contributed by atoms with E-state index in [0.717, 1.165) is 6.21 Å². The zero-order valence-corrected chi connectivity index (χ0v) is 18.8. The molecule has 0 aliphatic rings. The first-order valence-corrected chi connectivity index (χ1v) is 9.77. The Hall–Kier alpha value is -1.68. The molecule has 0 bridgehead atoms. The number of nitrogens with one attached hydrogen (secondary N) is 1. The van der Waals surface area contributed by atoms with Gasteiger partial charge in [-0.15, -0.1) is 0 Å². The van der Waals surface area contributed by atoms with Gasteiger partial charge in [0.15, 0.2) is 0 Å². The molecule has 1 nitrogen and oxygen atoms in total. The average molecular weight is 396 g/mol. The summed E-state index contributed by atoms with van der Waals surface area (Å²) in [7, 11) is 0. The third kappa shape index (κ3) is 10.9. The van der Waals surface area contributed by atoms with Gasteiger partial charge in [-0.05, 0) is 24.1 Å². The highest BCUT2D eigenvalue weighted by atomic mass is 32.1. The summed E-state index contributed by atoms with van der Waals surface area (Å²) in [6, 6.07) is 12.4. The Morgan fingerprint density at radius 2 is 1.37 bits per heavy atom. The van der Waals surface area contributed by atoms with Gasteiger partial charge in [-0.25, -0.2) is 0 Å². The Kier molecular flexibility index (Phi) is 13.8. The molecule has 2 rings (SSSR count). The van der Waals surface area contributed by atoms with E-state index in [2.05, 4.69) is 33.4 Å². The van der Waals surface area contributed by atoms with E-state index in [-0.39, 0.29) is 15.9 Å². The van der Waals surface area contributed by atoms with Gasteiger partial charge >= 0.3 is 0 Å². The van der Waals surface area contributed by atoms with Crippen LogP contribution in [0.2, 0.25) is 0 Å². The molecule has 0 atom stereocenters. The number of rotatable bonds is 3. The van der Waals surface area contributed by atoms with E-state index >= 15 is 0 Å². The molecule has 4 heteroatoms. The van der Waals surface area contributed by atoms with Crippen LogP contribution >= 0.6 is 12.6 Å². The predicted molar refractivity (Wildman–Crippen MR) is 120 cm³/mol. The SMILES string of the molecule is CC.CC.CC(C)(C)S.Cc1ccccc1C(F)(F)c1cccc(C=N)c1. The lowest BCUT2D eigenvalue weighted by Gasteiger charge is -2.19. The first-order valence-electron chi connectivity index (χ1n) is 9.33. The van der Waals surface area contributed by atoms with E-state index in [9.17, 15) is 8.78 Å². The number of halogens is 2. The molecule has 152 valence electrons. The minimum absolute atomic E-state index is 0.00660. The van der Waals surface area contributed by atoms with E-state index in [1.54, 1.807) is 37.3 Å². The molecule has 27 heavy (non-hydrogen) atoms. The number of thiol groups is 1. The van der Waals surface area contributed by atoms with Crippen LogP contribution in [0.15, 0.2) is 48.5 Å². The molecule has 0 aliphatic heterocycles. The summed E-state index contributed by atoms with van der Waals surface area (Å²) in [5.74, 6) is -3.04. The maximum Gasteiger partial charge on any atom is 0.298 e. The fourth-order valence-corrected chi connectivity index (χ4v) is 1.90. The third-order valence-electron chi connectivity index (χ3n) is 2.90. The molecule has 0 fully saturated rings. The summed E-state index contributed by atoms with van der Waals surface area (Å²) >= 11 is 4.12. The molecule has 0 saturated carbocycles. The van der Waals surface area contributed by atoms with Crippen molar-refractivity contribution in [1.82, 2.24) is 0 Å². The second-order valence-corrected chi connectivity index (χ2v) is 7.67. The Morgan fingerprint density at radius 3 is 1.81 bits per heavy atom. The zero-order chi connectivity index (χ0) is 21.7. The standard InChI is InChI=1S/C15H13F2N.C4H10S.2C2H6/c1-11-5-2-3-8-14(11)15(16,17)13-7-4-6-12(9-13)10-18;1-4(2,3)5;2*1-2/h2-10,18H,1H3;5H,1-3H3;2*1-2H3. The van der Waals surface area contributed by atoms with Gasteiger partial charge in [0.2, 0.25) is 0 Å². The van der Waals surface area contributed by atoms with E-state index in [0.29, 0.717) is 11.1 Å². The summed E-state index contributed by atoms with van der Waals surface area (Å²) in [5, 5.41) is 7.12. The molecule has 0 unspecified atom stereocenters. The Balaban J connectivity index is 0. The molecule has 0 radical (unpaired) electrons. The monoisotopic (exact) mass is 395 g/mol. The second-order valence-electron chi connectivity index (χ2n) is 6.33. The fraction of sp³-hybridized carbons (Fsp3) is 0.435. The number of hydrogen-bond donors (Lipinski definition) is 2. The highest BCUT2D eigenvalue weighted by molar-refractivity contribution is 7.81. The number of hydrogen-bond acceptors (Lipinski definition) is 2. The maximum atomic E-state index is 14.4. The Bertz CT molecular complexity index is 655. The minimum atomic E-state index is -3.04. The molecule has 0 spiro atoms. The van der Waals surface area contributed by atoms with Crippen molar-refractivity contribution in [2.75, 3.05) is 0 Å². The van der Waals surface area contributed by atoms with Crippen LogP contribution < -0.4 is 0 Å². The van der Waals surface area contributed by atoms with E-state index < -0.39 is 5.92 Å². The van der Waals surface area contributed by atoms with Crippen molar-refractivity contribution in [1.29, 1.82) is 5.41 Å². The third-order valence-corrected chi connectivity index (χ3v) is 2.90. The highest BCUT2D eigenvalue weighted by Crippen LogP contribution is 2.37. The van der Waals surface area contributed by atoms with Crippen LogP contribution in [-0.2, 0) is 5.92 Å². The van der Waals surface area contributed by atoms with Gasteiger partial charge < -0.3 is 5.41 Å². The number of aryl methyl sites for hydroxylation is 1. The smallest absolute Gasteiger partial charge is 0.298 e. The average Bonchev–Trinajstić information content (AvgIpc) is 2.64. The summed E-state index contributed by atoms with van der Waals surface area (Å²) in [4.78, 5) is 0. The molecule has 1 N–H and O–H groups in total. The van der Waals surface area contributed by atoms with Crippen molar-refractivity contribution in [2.24, 2.45) is 0 Å². The molecule has 2 aromatic carbocycles. The lowest BCUT2D eigenvalue weighted by atomic mass is 9.95. The molecule has 0 heterocycles. The molecule has 0 saturated heterocycles. The van der Waals surface area contributed by atoms with Crippen LogP contribution in [0, 0.1) is 12.3 Å². The van der Waals surface area contributed by atoms with Crippen molar-refractivity contribution in [3.63, 3.8) is 0 Å². The van der Waals surface area contributed by atoms with Crippen LogP contribution in [0.5, 0.6) is 0 Å². The van der Waals surface area contributed by atoms with Crippen molar-refractivity contribution in [2.45, 2.75) is 66.1 Å². The van der Waals surface area contributed by atoms with Crippen molar-refractivity contribution in [3.8, 4) is 0 Å². The van der Waals surface area contributed by atoms with Gasteiger partial charge in [0, 0.05) is 22.1 Å². The van der Waals surface area contributed by atoms with Crippen LogP contribution in [0.1, 0.15) is 70.7 Å². The highest BCUT2D eigenvalue weighted by Gasteiger charge is 2.35. The first-order chi connectivity index (χ1) is 12.6. The van der Waals surface area contributed by atoms with Crippen molar-refractivity contribution >= 4 is 18.8 Å². The zero-order valence-electron chi connectivity index (χ0n) is 17.9. The van der Waals surface area contributed by atoms with Crippen LogP contribution in [0.25, 0.3) is 0 Å².